The summed E-state index contributed by atoms with van der Waals surface area (Å²) >= 11 is 0. The number of piperidine rings is 1. The summed E-state index contributed by atoms with van der Waals surface area (Å²) in [5.74, 6) is 1.11. The first-order valence-corrected chi connectivity index (χ1v) is 8.58. The number of pyridine rings is 1. The van der Waals surface area contributed by atoms with E-state index in [1.54, 1.807) is 7.11 Å². The minimum atomic E-state index is 0.330. The van der Waals surface area contributed by atoms with Crippen LogP contribution in [0.1, 0.15) is 24.4 Å². The van der Waals surface area contributed by atoms with E-state index in [0.29, 0.717) is 19.3 Å². The predicted octanol–water partition coefficient (Wildman–Crippen LogP) is 2.11. The Bertz CT molecular complexity index is 594. The quantitative estimate of drug-likeness (QED) is 0.742. The lowest BCUT2D eigenvalue weighted by atomic mass is 10.1. The highest BCUT2D eigenvalue weighted by Gasteiger charge is 2.21. The van der Waals surface area contributed by atoms with Gasteiger partial charge in [-0.3, -0.25) is 9.88 Å². The molecule has 3 heterocycles. The van der Waals surface area contributed by atoms with E-state index in [-0.39, 0.29) is 0 Å². The molecule has 6 nitrogen and oxygen atoms in total. The summed E-state index contributed by atoms with van der Waals surface area (Å²) in [6.07, 6.45) is 8.16. The first-order chi connectivity index (χ1) is 11.8. The molecular weight excluding hydrogens is 304 g/mol. The average Bonchev–Trinajstić information content (AvgIpc) is 3.07. The highest BCUT2D eigenvalue weighted by atomic mass is 16.5. The Kier molecular flexibility index (Phi) is 6.34. The number of aromatic nitrogens is 3. The fourth-order valence-corrected chi connectivity index (χ4v) is 3.01. The van der Waals surface area contributed by atoms with Gasteiger partial charge in [0.1, 0.15) is 5.82 Å². The van der Waals surface area contributed by atoms with Crippen LogP contribution >= 0.6 is 0 Å². The van der Waals surface area contributed by atoms with Crippen molar-refractivity contribution in [1.82, 2.24) is 19.4 Å². The molecule has 0 bridgehead atoms. The van der Waals surface area contributed by atoms with Gasteiger partial charge in [0.05, 0.1) is 31.6 Å². The summed E-state index contributed by atoms with van der Waals surface area (Å²) in [5.41, 5.74) is 1.00. The third-order valence-corrected chi connectivity index (χ3v) is 4.43. The minimum Gasteiger partial charge on any atom is -0.383 e. The standard InChI is InChI=1S/C18H26N4O2/c1-23-13-12-22-11-8-20-18(22)14-21-9-5-17(6-10-21)24-15-16-4-2-3-7-19-16/h2-4,7-8,11,17H,5-6,9-10,12-15H2,1H3. The van der Waals surface area contributed by atoms with Gasteiger partial charge in [0.15, 0.2) is 0 Å². The molecule has 0 unspecified atom stereocenters. The largest absolute Gasteiger partial charge is 0.383 e. The van der Waals surface area contributed by atoms with Gasteiger partial charge >= 0.3 is 0 Å². The molecule has 6 heteroatoms. The molecule has 3 rings (SSSR count). The van der Waals surface area contributed by atoms with Gasteiger partial charge in [-0.05, 0) is 25.0 Å². The van der Waals surface area contributed by atoms with Crippen LogP contribution in [0.15, 0.2) is 36.8 Å². The molecule has 1 aliphatic rings. The summed E-state index contributed by atoms with van der Waals surface area (Å²) in [5, 5.41) is 0. The fourth-order valence-electron chi connectivity index (χ4n) is 3.01. The lowest BCUT2D eigenvalue weighted by molar-refractivity contribution is -0.00585. The Balaban J connectivity index is 1.41. The summed E-state index contributed by atoms with van der Waals surface area (Å²) in [6, 6.07) is 5.94. The van der Waals surface area contributed by atoms with Crippen molar-refractivity contribution < 1.29 is 9.47 Å². The third kappa shape index (κ3) is 4.87. The summed E-state index contributed by atoms with van der Waals surface area (Å²) in [4.78, 5) is 11.2. The van der Waals surface area contributed by atoms with Crippen molar-refractivity contribution in [2.75, 3.05) is 26.8 Å². The molecule has 1 saturated heterocycles. The summed E-state index contributed by atoms with van der Waals surface area (Å²) in [6.45, 7) is 5.16. The molecule has 130 valence electrons. The zero-order valence-electron chi connectivity index (χ0n) is 14.3. The molecule has 2 aromatic rings. The van der Waals surface area contributed by atoms with E-state index in [9.17, 15) is 0 Å². The van der Waals surface area contributed by atoms with Gasteiger partial charge in [0.25, 0.3) is 0 Å². The van der Waals surface area contributed by atoms with Crippen molar-refractivity contribution in [3.63, 3.8) is 0 Å². The highest BCUT2D eigenvalue weighted by Crippen LogP contribution is 2.17. The molecule has 2 aromatic heterocycles. The molecule has 0 spiro atoms. The second-order valence-electron chi connectivity index (χ2n) is 6.14. The van der Waals surface area contributed by atoms with Gasteiger partial charge in [-0.15, -0.1) is 0 Å². The minimum absolute atomic E-state index is 0.330. The Morgan fingerprint density at radius 3 is 2.79 bits per heavy atom. The van der Waals surface area contributed by atoms with E-state index in [4.69, 9.17) is 9.47 Å². The fraction of sp³-hybridized carbons (Fsp3) is 0.556. The molecule has 0 atom stereocenters. The number of hydrogen-bond donors (Lipinski definition) is 0. The lowest BCUT2D eigenvalue weighted by Gasteiger charge is -2.31. The maximum atomic E-state index is 6.00. The van der Waals surface area contributed by atoms with Gasteiger partial charge in [-0.25, -0.2) is 4.98 Å². The van der Waals surface area contributed by atoms with Crippen molar-refractivity contribution in [2.24, 2.45) is 0 Å². The van der Waals surface area contributed by atoms with Gasteiger partial charge in [0.2, 0.25) is 0 Å². The van der Waals surface area contributed by atoms with E-state index in [0.717, 1.165) is 50.5 Å². The molecular formula is C18H26N4O2. The van der Waals surface area contributed by atoms with E-state index >= 15 is 0 Å². The number of rotatable bonds is 8. The number of hydrogen-bond acceptors (Lipinski definition) is 5. The van der Waals surface area contributed by atoms with Crippen LogP contribution in [0.4, 0.5) is 0 Å². The molecule has 1 aliphatic heterocycles. The van der Waals surface area contributed by atoms with Gasteiger partial charge in [0, 0.05) is 45.3 Å². The van der Waals surface area contributed by atoms with Gasteiger partial charge in [-0.1, -0.05) is 6.07 Å². The van der Waals surface area contributed by atoms with Crippen molar-refractivity contribution >= 4 is 0 Å². The predicted molar refractivity (Wildman–Crippen MR) is 91.4 cm³/mol. The van der Waals surface area contributed by atoms with Crippen LogP contribution in [-0.2, 0) is 29.2 Å². The smallest absolute Gasteiger partial charge is 0.122 e. The number of imidazole rings is 1. The molecule has 1 fully saturated rings. The monoisotopic (exact) mass is 330 g/mol. The van der Waals surface area contributed by atoms with E-state index < -0.39 is 0 Å². The van der Waals surface area contributed by atoms with Crippen molar-refractivity contribution in [2.45, 2.75) is 38.6 Å². The maximum Gasteiger partial charge on any atom is 0.122 e. The highest BCUT2D eigenvalue weighted by molar-refractivity contribution is 5.02. The molecule has 24 heavy (non-hydrogen) atoms. The van der Waals surface area contributed by atoms with Crippen molar-refractivity contribution in [3.8, 4) is 0 Å². The summed E-state index contributed by atoms with van der Waals surface area (Å²) in [7, 11) is 1.73. The Labute approximate surface area is 143 Å². The Morgan fingerprint density at radius 2 is 2.04 bits per heavy atom. The van der Waals surface area contributed by atoms with Gasteiger partial charge < -0.3 is 14.0 Å². The molecule has 0 N–H and O–H groups in total. The third-order valence-electron chi connectivity index (χ3n) is 4.43. The molecule has 0 amide bonds. The normalized spacial score (nSPS) is 16.5. The van der Waals surface area contributed by atoms with E-state index in [2.05, 4.69) is 19.4 Å². The topological polar surface area (TPSA) is 52.4 Å². The average molecular weight is 330 g/mol. The molecule has 0 aromatic carbocycles. The summed E-state index contributed by atoms with van der Waals surface area (Å²) < 4.78 is 13.3. The number of nitrogens with zero attached hydrogens (tertiary/aromatic N) is 4. The van der Waals surface area contributed by atoms with Crippen molar-refractivity contribution in [1.29, 1.82) is 0 Å². The first kappa shape index (κ1) is 17.1. The number of methoxy groups -OCH3 is 1. The Morgan fingerprint density at radius 1 is 1.17 bits per heavy atom. The van der Waals surface area contributed by atoms with Crippen molar-refractivity contribution in [3.05, 3.63) is 48.3 Å². The lowest BCUT2D eigenvalue weighted by Crippen LogP contribution is -2.37. The molecule has 0 saturated carbocycles. The van der Waals surface area contributed by atoms with Crippen LogP contribution in [0.5, 0.6) is 0 Å². The van der Waals surface area contributed by atoms with E-state index in [1.807, 2.05) is 36.8 Å². The number of ether oxygens (including phenoxy) is 2. The zero-order chi connectivity index (χ0) is 16.6. The molecule has 0 radical (unpaired) electrons. The van der Waals surface area contributed by atoms with E-state index in [1.165, 1.54) is 0 Å². The molecule has 0 aliphatic carbocycles. The number of likely N-dealkylation sites (tertiary alicyclic amines) is 1. The SMILES string of the molecule is COCCn1ccnc1CN1CCC(OCc2ccccn2)CC1. The second kappa shape index (κ2) is 8.92. The second-order valence-corrected chi connectivity index (χ2v) is 6.14. The zero-order valence-corrected chi connectivity index (χ0v) is 14.3. The first-order valence-electron chi connectivity index (χ1n) is 8.58. The van der Waals surface area contributed by atoms with Crippen LogP contribution in [-0.4, -0.2) is 52.3 Å². The maximum absolute atomic E-state index is 6.00. The van der Waals surface area contributed by atoms with Crippen LogP contribution in [0.2, 0.25) is 0 Å². The van der Waals surface area contributed by atoms with Crippen LogP contribution in [0.25, 0.3) is 0 Å². The van der Waals surface area contributed by atoms with Crippen LogP contribution in [0, 0.1) is 0 Å². The van der Waals surface area contributed by atoms with Gasteiger partial charge in [-0.2, -0.15) is 0 Å². The Hall–Kier alpha value is -1.76. The van der Waals surface area contributed by atoms with Crippen LogP contribution < -0.4 is 0 Å². The van der Waals surface area contributed by atoms with Crippen LogP contribution in [0.3, 0.4) is 0 Å².